The molecule has 6 heteroatoms. The van der Waals surface area contributed by atoms with Gasteiger partial charge in [-0.05, 0) is 47.9 Å². The van der Waals surface area contributed by atoms with Gasteiger partial charge in [0.1, 0.15) is 17.5 Å². The Morgan fingerprint density at radius 1 is 1.07 bits per heavy atom. The lowest BCUT2D eigenvalue weighted by Gasteiger charge is -2.36. The van der Waals surface area contributed by atoms with Crippen molar-refractivity contribution >= 4 is 17.3 Å². The third kappa shape index (κ3) is 5.14. The summed E-state index contributed by atoms with van der Waals surface area (Å²) < 4.78 is 13.1. The standard InChI is InChI=1S/C23H25FN4O/c1-17(2)18-3-7-21(8-4-18)26-16-19(15-25)23(29)28-13-11-27(12-14-28)22-9-5-20(24)6-10-22/h3-10,16-17,26H,11-14H2,1-2H3/b19-16-. The molecule has 3 rings (SSSR count). The minimum absolute atomic E-state index is 0.0770. The Hall–Kier alpha value is -3.33. The number of carbonyl (C=O) groups excluding carboxylic acids is 1. The molecule has 2 aromatic rings. The zero-order chi connectivity index (χ0) is 20.8. The molecule has 0 radical (unpaired) electrons. The van der Waals surface area contributed by atoms with Crippen LogP contribution >= 0.6 is 0 Å². The molecule has 0 spiro atoms. The van der Waals surface area contributed by atoms with Crippen molar-refractivity contribution in [3.8, 4) is 6.07 Å². The number of amides is 1. The van der Waals surface area contributed by atoms with Gasteiger partial charge in [0, 0.05) is 43.8 Å². The lowest BCUT2D eigenvalue weighted by molar-refractivity contribution is -0.127. The second-order valence-corrected chi connectivity index (χ2v) is 7.35. The summed E-state index contributed by atoms with van der Waals surface area (Å²) in [6.07, 6.45) is 1.47. The van der Waals surface area contributed by atoms with Crippen molar-refractivity contribution in [3.05, 3.63) is 71.7 Å². The fourth-order valence-electron chi connectivity index (χ4n) is 3.25. The number of nitriles is 1. The molecule has 1 N–H and O–H groups in total. The number of rotatable bonds is 5. The van der Waals surface area contributed by atoms with Crippen LogP contribution in [0.5, 0.6) is 0 Å². The molecule has 2 aromatic carbocycles. The Morgan fingerprint density at radius 2 is 1.69 bits per heavy atom. The number of nitrogens with one attached hydrogen (secondary N) is 1. The molecule has 0 saturated carbocycles. The van der Waals surface area contributed by atoms with Crippen molar-refractivity contribution in [2.24, 2.45) is 0 Å². The molecule has 1 saturated heterocycles. The van der Waals surface area contributed by atoms with Crippen molar-refractivity contribution in [1.29, 1.82) is 5.26 Å². The predicted molar refractivity (Wildman–Crippen MR) is 113 cm³/mol. The van der Waals surface area contributed by atoms with Gasteiger partial charge in [-0.15, -0.1) is 0 Å². The summed E-state index contributed by atoms with van der Waals surface area (Å²) in [5.41, 5.74) is 3.07. The first-order chi connectivity index (χ1) is 14.0. The molecule has 0 aromatic heterocycles. The maximum absolute atomic E-state index is 13.1. The quantitative estimate of drug-likeness (QED) is 0.614. The van der Waals surface area contributed by atoms with Crippen molar-refractivity contribution < 1.29 is 9.18 Å². The summed E-state index contributed by atoms with van der Waals surface area (Å²) in [4.78, 5) is 16.5. The van der Waals surface area contributed by atoms with Crippen molar-refractivity contribution in [1.82, 2.24) is 4.90 Å². The van der Waals surface area contributed by atoms with E-state index in [1.807, 2.05) is 30.3 Å². The summed E-state index contributed by atoms with van der Waals surface area (Å²) in [6, 6.07) is 16.3. The Morgan fingerprint density at radius 3 is 2.24 bits per heavy atom. The van der Waals surface area contributed by atoms with E-state index in [4.69, 9.17) is 0 Å². The number of anilines is 2. The van der Waals surface area contributed by atoms with E-state index in [1.165, 1.54) is 23.9 Å². The minimum Gasteiger partial charge on any atom is -0.368 e. The van der Waals surface area contributed by atoms with E-state index in [1.54, 1.807) is 17.0 Å². The van der Waals surface area contributed by atoms with Gasteiger partial charge in [-0.1, -0.05) is 26.0 Å². The fraction of sp³-hybridized carbons (Fsp3) is 0.304. The molecule has 1 fully saturated rings. The minimum atomic E-state index is -0.280. The normalized spacial score (nSPS) is 14.7. The Bertz CT molecular complexity index is 905. The topological polar surface area (TPSA) is 59.4 Å². The third-order valence-corrected chi connectivity index (χ3v) is 5.07. The van der Waals surface area contributed by atoms with Gasteiger partial charge in [0.15, 0.2) is 0 Å². The van der Waals surface area contributed by atoms with Crippen LogP contribution in [0.25, 0.3) is 0 Å². The van der Waals surface area contributed by atoms with E-state index in [0.29, 0.717) is 32.1 Å². The molecule has 0 bridgehead atoms. The molecule has 1 aliphatic rings. The molecular weight excluding hydrogens is 367 g/mol. The van der Waals surface area contributed by atoms with Gasteiger partial charge < -0.3 is 15.1 Å². The van der Waals surface area contributed by atoms with E-state index in [0.717, 1.165) is 11.4 Å². The van der Waals surface area contributed by atoms with Crippen LogP contribution in [-0.4, -0.2) is 37.0 Å². The van der Waals surface area contributed by atoms with E-state index >= 15 is 0 Å². The summed E-state index contributed by atoms with van der Waals surface area (Å²) in [7, 11) is 0. The SMILES string of the molecule is CC(C)c1ccc(N/C=C(/C#N)C(=O)N2CCN(c3ccc(F)cc3)CC2)cc1. The molecular formula is C23H25FN4O. The largest absolute Gasteiger partial charge is 0.368 e. The maximum atomic E-state index is 13.1. The van der Waals surface area contributed by atoms with E-state index in [-0.39, 0.29) is 17.3 Å². The third-order valence-electron chi connectivity index (χ3n) is 5.07. The number of carbonyl (C=O) groups is 1. The summed E-state index contributed by atoms with van der Waals surface area (Å²) in [5.74, 6) is -0.0975. The second kappa shape index (κ2) is 9.24. The predicted octanol–water partition coefficient (Wildman–Crippen LogP) is 4.12. The second-order valence-electron chi connectivity index (χ2n) is 7.35. The molecule has 1 amide bonds. The van der Waals surface area contributed by atoms with Gasteiger partial charge in [0.05, 0.1) is 0 Å². The smallest absolute Gasteiger partial charge is 0.266 e. The maximum Gasteiger partial charge on any atom is 0.266 e. The fourth-order valence-corrected chi connectivity index (χ4v) is 3.25. The summed E-state index contributed by atoms with van der Waals surface area (Å²) in [6.45, 7) is 6.56. The highest BCUT2D eigenvalue weighted by atomic mass is 19.1. The summed E-state index contributed by atoms with van der Waals surface area (Å²) in [5, 5.41) is 12.5. The van der Waals surface area contributed by atoms with Crippen molar-refractivity contribution in [3.63, 3.8) is 0 Å². The highest BCUT2D eigenvalue weighted by Crippen LogP contribution is 2.19. The van der Waals surface area contributed by atoms with Gasteiger partial charge in [0.2, 0.25) is 0 Å². The number of piperazine rings is 1. The number of nitrogens with zero attached hydrogens (tertiary/aromatic N) is 3. The molecule has 1 aliphatic heterocycles. The number of benzene rings is 2. The molecule has 0 atom stereocenters. The van der Waals surface area contributed by atoms with E-state index in [9.17, 15) is 14.4 Å². The van der Waals surface area contributed by atoms with Crippen LogP contribution in [0.2, 0.25) is 0 Å². The van der Waals surface area contributed by atoms with Gasteiger partial charge >= 0.3 is 0 Å². The number of hydrogen-bond donors (Lipinski definition) is 1. The number of hydrogen-bond acceptors (Lipinski definition) is 4. The molecule has 150 valence electrons. The first-order valence-electron chi connectivity index (χ1n) is 9.74. The van der Waals surface area contributed by atoms with Crippen LogP contribution in [0.1, 0.15) is 25.3 Å². The Labute approximate surface area is 171 Å². The lowest BCUT2D eigenvalue weighted by Crippen LogP contribution is -2.49. The Balaban J connectivity index is 1.59. The van der Waals surface area contributed by atoms with Crippen LogP contribution in [0.15, 0.2) is 60.3 Å². The molecule has 0 aliphatic carbocycles. The average molecular weight is 392 g/mol. The first kappa shape index (κ1) is 20.4. The highest BCUT2D eigenvalue weighted by Gasteiger charge is 2.23. The van der Waals surface area contributed by atoms with Crippen LogP contribution < -0.4 is 10.2 Å². The first-order valence-corrected chi connectivity index (χ1v) is 9.74. The van der Waals surface area contributed by atoms with Crippen molar-refractivity contribution in [2.75, 3.05) is 36.4 Å². The monoisotopic (exact) mass is 392 g/mol. The van der Waals surface area contributed by atoms with Crippen LogP contribution in [0.4, 0.5) is 15.8 Å². The van der Waals surface area contributed by atoms with Gasteiger partial charge in [0.25, 0.3) is 5.91 Å². The van der Waals surface area contributed by atoms with Gasteiger partial charge in [-0.25, -0.2) is 4.39 Å². The van der Waals surface area contributed by atoms with Gasteiger partial charge in [-0.3, -0.25) is 4.79 Å². The lowest BCUT2D eigenvalue weighted by atomic mass is 10.0. The average Bonchev–Trinajstić information content (AvgIpc) is 2.75. The van der Waals surface area contributed by atoms with Crippen LogP contribution in [-0.2, 0) is 4.79 Å². The van der Waals surface area contributed by atoms with Crippen molar-refractivity contribution in [2.45, 2.75) is 19.8 Å². The number of halogens is 1. The van der Waals surface area contributed by atoms with E-state index < -0.39 is 0 Å². The molecule has 1 heterocycles. The van der Waals surface area contributed by atoms with Gasteiger partial charge in [-0.2, -0.15) is 5.26 Å². The van der Waals surface area contributed by atoms with Crippen LogP contribution in [0, 0.1) is 17.1 Å². The zero-order valence-electron chi connectivity index (χ0n) is 16.7. The Kier molecular flexibility index (Phi) is 6.50. The van der Waals surface area contributed by atoms with Crippen LogP contribution in [0.3, 0.4) is 0 Å². The molecule has 5 nitrogen and oxygen atoms in total. The molecule has 29 heavy (non-hydrogen) atoms. The summed E-state index contributed by atoms with van der Waals surface area (Å²) >= 11 is 0. The van der Waals surface area contributed by atoms with E-state index in [2.05, 4.69) is 24.1 Å². The highest BCUT2D eigenvalue weighted by molar-refractivity contribution is 5.97. The molecule has 0 unspecified atom stereocenters. The zero-order valence-corrected chi connectivity index (χ0v) is 16.7.